The third kappa shape index (κ3) is 2.78. The largest absolute Gasteiger partial charge is 0.366 e. The molecule has 128 valence electrons. The molecule has 5 heteroatoms. The molecule has 2 aromatic heterocycles. The van der Waals surface area contributed by atoms with E-state index < -0.39 is 0 Å². The summed E-state index contributed by atoms with van der Waals surface area (Å²) in [5.41, 5.74) is 3.24. The second kappa shape index (κ2) is 5.85. The Morgan fingerprint density at radius 1 is 1.08 bits per heavy atom. The third-order valence-electron chi connectivity index (χ3n) is 5.24. The van der Waals surface area contributed by atoms with E-state index in [4.69, 9.17) is 9.72 Å². The maximum atomic E-state index is 6.48. The molecular formula is C20H22N4O. The van der Waals surface area contributed by atoms with Crippen molar-refractivity contribution in [2.45, 2.75) is 32.0 Å². The Bertz CT molecular complexity index is 887. The Morgan fingerprint density at radius 2 is 1.92 bits per heavy atom. The number of aromatic nitrogens is 3. The Labute approximate surface area is 147 Å². The lowest BCUT2D eigenvalue weighted by Crippen LogP contribution is -2.45. The van der Waals surface area contributed by atoms with Crippen LogP contribution in [-0.4, -0.2) is 34.1 Å². The number of aryl methyl sites for hydroxylation is 1. The maximum Gasteiger partial charge on any atom is 0.156 e. The zero-order valence-corrected chi connectivity index (χ0v) is 14.4. The number of anilines is 1. The molecule has 25 heavy (non-hydrogen) atoms. The van der Waals surface area contributed by atoms with Crippen LogP contribution in [0.4, 0.5) is 5.82 Å². The van der Waals surface area contributed by atoms with E-state index in [2.05, 4.69) is 45.2 Å². The summed E-state index contributed by atoms with van der Waals surface area (Å²) in [6, 6.07) is 12.6. The van der Waals surface area contributed by atoms with Crippen molar-refractivity contribution in [1.29, 1.82) is 0 Å². The molecule has 1 aliphatic carbocycles. The van der Waals surface area contributed by atoms with Crippen LogP contribution < -0.4 is 4.90 Å². The normalized spacial score (nSPS) is 24.0. The highest BCUT2D eigenvalue weighted by atomic mass is 16.5. The van der Waals surface area contributed by atoms with Gasteiger partial charge in [0, 0.05) is 19.3 Å². The van der Waals surface area contributed by atoms with Crippen LogP contribution in [0.15, 0.2) is 42.6 Å². The van der Waals surface area contributed by atoms with Crippen LogP contribution in [-0.2, 0) is 4.74 Å². The van der Waals surface area contributed by atoms with Crippen molar-refractivity contribution in [1.82, 2.24) is 15.0 Å². The Hall–Kier alpha value is -2.40. The van der Waals surface area contributed by atoms with E-state index in [0.29, 0.717) is 5.92 Å². The third-order valence-corrected chi connectivity index (χ3v) is 5.24. The maximum absolute atomic E-state index is 6.48. The monoisotopic (exact) mass is 334 g/mol. The average molecular weight is 334 g/mol. The molecule has 3 aromatic rings. The van der Waals surface area contributed by atoms with Crippen molar-refractivity contribution in [3.8, 4) is 0 Å². The number of rotatable bonds is 3. The number of fused-ring (bicyclic) bond motifs is 1. The summed E-state index contributed by atoms with van der Waals surface area (Å²) >= 11 is 0. The van der Waals surface area contributed by atoms with Gasteiger partial charge in [0.25, 0.3) is 0 Å². The Balaban J connectivity index is 1.53. The van der Waals surface area contributed by atoms with Crippen LogP contribution in [0.1, 0.15) is 30.3 Å². The molecule has 0 unspecified atom stereocenters. The first-order chi connectivity index (χ1) is 12.3. The Kier molecular flexibility index (Phi) is 3.48. The number of benzene rings is 1. The van der Waals surface area contributed by atoms with E-state index in [9.17, 15) is 0 Å². The zero-order chi connectivity index (χ0) is 16.8. The molecule has 1 aromatic carbocycles. The quantitative estimate of drug-likeness (QED) is 0.795. The molecule has 5 rings (SSSR count). The van der Waals surface area contributed by atoms with Gasteiger partial charge in [-0.3, -0.25) is 0 Å². The van der Waals surface area contributed by atoms with Gasteiger partial charge in [0.15, 0.2) is 5.82 Å². The molecule has 0 spiro atoms. The van der Waals surface area contributed by atoms with Gasteiger partial charge in [0.2, 0.25) is 0 Å². The van der Waals surface area contributed by atoms with Gasteiger partial charge in [0.1, 0.15) is 17.4 Å². The van der Waals surface area contributed by atoms with Gasteiger partial charge in [-0.2, -0.15) is 0 Å². The highest BCUT2D eigenvalue weighted by Gasteiger charge is 2.39. The van der Waals surface area contributed by atoms with E-state index in [-0.39, 0.29) is 12.2 Å². The van der Waals surface area contributed by atoms with Crippen molar-refractivity contribution in [2.24, 2.45) is 5.92 Å². The van der Waals surface area contributed by atoms with Crippen LogP contribution in [0.3, 0.4) is 0 Å². The van der Waals surface area contributed by atoms with Crippen molar-refractivity contribution in [2.75, 3.05) is 18.0 Å². The predicted molar refractivity (Wildman–Crippen MR) is 97.6 cm³/mol. The first-order valence-electron chi connectivity index (χ1n) is 9.05. The van der Waals surface area contributed by atoms with Gasteiger partial charge in [-0.05, 0) is 37.3 Å². The summed E-state index contributed by atoms with van der Waals surface area (Å²) in [6.07, 6.45) is 4.86. The van der Waals surface area contributed by atoms with Crippen LogP contribution in [0.25, 0.3) is 11.0 Å². The SMILES string of the molecule is Cc1nc(N2C[C@@H](c3ccccc3)O[C@@H](C3CC3)C2)c2[nH]ccc2n1. The van der Waals surface area contributed by atoms with Crippen LogP contribution in [0.2, 0.25) is 0 Å². The zero-order valence-electron chi connectivity index (χ0n) is 14.4. The average Bonchev–Trinajstić information content (AvgIpc) is 3.40. The molecule has 0 bridgehead atoms. The van der Waals surface area contributed by atoms with E-state index in [1.54, 1.807) is 0 Å². The lowest BCUT2D eigenvalue weighted by Gasteiger charge is -2.39. The number of hydrogen-bond acceptors (Lipinski definition) is 4. The summed E-state index contributed by atoms with van der Waals surface area (Å²) in [5, 5.41) is 0. The van der Waals surface area contributed by atoms with Gasteiger partial charge >= 0.3 is 0 Å². The van der Waals surface area contributed by atoms with Crippen molar-refractivity contribution >= 4 is 16.9 Å². The highest BCUT2D eigenvalue weighted by Crippen LogP contribution is 2.40. The van der Waals surface area contributed by atoms with Crippen molar-refractivity contribution in [3.63, 3.8) is 0 Å². The topological polar surface area (TPSA) is 54.0 Å². The molecule has 3 heterocycles. The number of nitrogens with zero attached hydrogens (tertiary/aromatic N) is 3. The van der Waals surface area contributed by atoms with Gasteiger partial charge < -0.3 is 14.6 Å². The second-order valence-electron chi connectivity index (χ2n) is 7.15. The molecule has 2 aliphatic rings. The fourth-order valence-corrected chi connectivity index (χ4v) is 3.81. The number of aromatic amines is 1. The van der Waals surface area contributed by atoms with Gasteiger partial charge in [-0.1, -0.05) is 30.3 Å². The fraction of sp³-hybridized carbons (Fsp3) is 0.400. The lowest BCUT2D eigenvalue weighted by atomic mass is 10.0. The Morgan fingerprint density at radius 3 is 2.72 bits per heavy atom. The fourth-order valence-electron chi connectivity index (χ4n) is 3.81. The highest BCUT2D eigenvalue weighted by molar-refractivity contribution is 5.86. The molecule has 2 atom stereocenters. The molecule has 2 fully saturated rings. The molecule has 0 amide bonds. The van der Waals surface area contributed by atoms with E-state index in [1.165, 1.54) is 18.4 Å². The van der Waals surface area contributed by atoms with Gasteiger partial charge in [-0.15, -0.1) is 0 Å². The summed E-state index contributed by atoms with van der Waals surface area (Å²) < 4.78 is 6.48. The number of H-pyrrole nitrogens is 1. The van der Waals surface area contributed by atoms with Crippen molar-refractivity contribution in [3.05, 3.63) is 54.0 Å². The molecule has 1 N–H and O–H groups in total. The summed E-state index contributed by atoms with van der Waals surface area (Å²) in [7, 11) is 0. The first-order valence-corrected chi connectivity index (χ1v) is 9.05. The van der Waals surface area contributed by atoms with Crippen LogP contribution in [0.5, 0.6) is 0 Å². The standard InChI is InChI=1S/C20H22N4O/c1-13-22-16-9-10-21-19(16)20(23-13)24-11-17(14-5-3-2-4-6-14)25-18(12-24)15-7-8-15/h2-6,9-10,15,17-18,21H,7-8,11-12H2,1H3/t17-,18+/m0/s1. The van der Waals surface area contributed by atoms with E-state index >= 15 is 0 Å². The smallest absolute Gasteiger partial charge is 0.156 e. The number of nitrogens with one attached hydrogen (secondary N) is 1. The lowest BCUT2D eigenvalue weighted by molar-refractivity contribution is -0.0386. The van der Waals surface area contributed by atoms with E-state index in [0.717, 1.165) is 35.8 Å². The van der Waals surface area contributed by atoms with E-state index in [1.807, 2.05) is 19.2 Å². The minimum Gasteiger partial charge on any atom is -0.366 e. The minimum absolute atomic E-state index is 0.0841. The van der Waals surface area contributed by atoms with Gasteiger partial charge in [0.05, 0.1) is 11.6 Å². The molecule has 0 radical (unpaired) electrons. The van der Waals surface area contributed by atoms with Crippen LogP contribution >= 0.6 is 0 Å². The van der Waals surface area contributed by atoms with Gasteiger partial charge in [-0.25, -0.2) is 9.97 Å². The molecular weight excluding hydrogens is 312 g/mol. The molecule has 1 saturated heterocycles. The molecule has 1 saturated carbocycles. The summed E-state index contributed by atoms with van der Waals surface area (Å²) in [5.74, 6) is 2.51. The molecule has 5 nitrogen and oxygen atoms in total. The first kappa shape index (κ1) is 14.9. The summed E-state index contributed by atoms with van der Waals surface area (Å²) in [4.78, 5) is 15.0. The van der Waals surface area contributed by atoms with Crippen molar-refractivity contribution < 1.29 is 4.74 Å². The molecule has 1 aliphatic heterocycles. The number of morpholine rings is 1. The van der Waals surface area contributed by atoms with Crippen LogP contribution in [0, 0.1) is 12.8 Å². The number of hydrogen-bond donors (Lipinski definition) is 1. The second-order valence-corrected chi connectivity index (χ2v) is 7.15. The minimum atomic E-state index is 0.0841. The predicted octanol–water partition coefficient (Wildman–Crippen LogP) is 3.62. The number of ether oxygens (including phenoxy) is 1. The summed E-state index contributed by atoms with van der Waals surface area (Å²) in [6.45, 7) is 3.68.